The molecule has 2 aliphatic heterocycles. The number of esters is 1. The Kier molecular flexibility index (Phi) is 2.38. The molecular formula is C10H13NO4. The van der Waals surface area contributed by atoms with Crippen LogP contribution in [0.1, 0.15) is 13.3 Å². The maximum atomic E-state index is 11.4. The van der Waals surface area contributed by atoms with Crippen molar-refractivity contribution in [2.24, 2.45) is 11.8 Å². The number of allylic oxidation sites excluding steroid dienone is 1. The molecule has 82 valence electrons. The van der Waals surface area contributed by atoms with Crippen molar-refractivity contribution < 1.29 is 19.1 Å². The van der Waals surface area contributed by atoms with E-state index in [1.54, 1.807) is 6.20 Å². The molecule has 0 aromatic carbocycles. The van der Waals surface area contributed by atoms with Gasteiger partial charge in [0.05, 0.1) is 13.0 Å². The minimum absolute atomic E-state index is 0.128. The Hall–Kier alpha value is -1.52. The minimum atomic E-state index is -0.504. The second kappa shape index (κ2) is 3.56. The molecule has 2 aliphatic rings. The Morgan fingerprint density at radius 2 is 2.40 bits per heavy atom. The number of fused-ring (bicyclic) bond motifs is 2. The number of ether oxygens (including phenoxy) is 2. The number of hydrogen-bond donors (Lipinski definition) is 0. The molecule has 0 N–H and O–H groups in total. The fourth-order valence-corrected chi connectivity index (χ4v) is 1.90. The van der Waals surface area contributed by atoms with Gasteiger partial charge in [0.15, 0.2) is 6.23 Å². The van der Waals surface area contributed by atoms with Crippen LogP contribution >= 0.6 is 0 Å². The Labute approximate surface area is 87.6 Å². The third-order valence-electron chi connectivity index (χ3n) is 2.93. The summed E-state index contributed by atoms with van der Waals surface area (Å²) in [5, 5.41) is 0. The normalized spacial score (nSPS) is 33.6. The highest BCUT2D eigenvalue weighted by atomic mass is 16.6. The Balaban J connectivity index is 2.21. The summed E-state index contributed by atoms with van der Waals surface area (Å²) in [5.41, 5.74) is 0. The van der Waals surface area contributed by atoms with Gasteiger partial charge in [0.25, 0.3) is 0 Å². The van der Waals surface area contributed by atoms with Gasteiger partial charge in [-0.3, -0.25) is 4.79 Å². The summed E-state index contributed by atoms with van der Waals surface area (Å²) in [4.78, 5) is 24.1. The number of nitrogens with zero attached hydrogens (tertiary/aromatic N) is 1. The van der Waals surface area contributed by atoms with Gasteiger partial charge in [-0.1, -0.05) is 13.0 Å². The Bertz CT molecular complexity index is 325. The number of rotatable bonds is 0. The van der Waals surface area contributed by atoms with Crippen molar-refractivity contribution in [3.05, 3.63) is 12.3 Å². The molecular weight excluding hydrogens is 198 g/mol. The zero-order valence-electron chi connectivity index (χ0n) is 8.67. The molecule has 3 atom stereocenters. The first kappa shape index (κ1) is 10.0. The molecule has 5 heteroatoms. The van der Waals surface area contributed by atoms with Gasteiger partial charge in [0.1, 0.15) is 0 Å². The molecule has 0 aromatic rings. The smallest absolute Gasteiger partial charge is 0.416 e. The first-order valence-corrected chi connectivity index (χ1v) is 4.88. The summed E-state index contributed by atoms with van der Waals surface area (Å²) in [7, 11) is 1.30. The van der Waals surface area contributed by atoms with Crippen molar-refractivity contribution in [1.29, 1.82) is 0 Å². The van der Waals surface area contributed by atoms with E-state index in [0.717, 1.165) is 0 Å². The van der Waals surface area contributed by atoms with Crippen molar-refractivity contribution in [3.63, 3.8) is 0 Å². The predicted molar refractivity (Wildman–Crippen MR) is 50.5 cm³/mol. The Morgan fingerprint density at radius 3 is 3.07 bits per heavy atom. The van der Waals surface area contributed by atoms with Crippen molar-refractivity contribution in [1.82, 2.24) is 4.90 Å². The summed E-state index contributed by atoms with van der Waals surface area (Å²) in [6, 6.07) is 0. The molecule has 0 unspecified atom stereocenters. The summed E-state index contributed by atoms with van der Waals surface area (Å²) < 4.78 is 9.73. The van der Waals surface area contributed by atoms with Gasteiger partial charge < -0.3 is 9.47 Å². The highest BCUT2D eigenvalue weighted by molar-refractivity contribution is 5.75. The fourth-order valence-electron chi connectivity index (χ4n) is 1.90. The average molecular weight is 211 g/mol. The van der Waals surface area contributed by atoms with Crippen LogP contribution in [0.3, 0.4) is 0 Å². The van der Waals surface area contributed by atoms with Crippen LogP contribution in [0.2, 0.25) is 0 Å². The molecule has 1 amide bonds. The molecule has 2 rings (SSSR count). The molecule has 0 aromatic heterocycles. The molecule has 2 heterocycles. The fraction of sp³-hybridized carbons (Fsp3) is 0.600. The summed E-state index contributed by atoms with van der Waals surface area (Å²) in [6.45, 7) is 1.83. The van der Waals surface area contributed by atoms with Gasteiger partial charge in [0.2, 0.25) is 0 Å². The van der Waals surface area contributed by atoms with Gasteiger partial charge in [0, 0.05) is 12.6 Å². The van der Waals surface area contributed by atoms with E-state index in [1.807, 2.05) is 13.0 Å². The van der Waals surface area contributed by atoms with Gasteiger partial charge in [-0.05, 0) is 5.92 Å². The van der Waals surface area contributed by atoms with E-state index >= 15 is 0 Å². The largest absolute Gasteiger partial charge is 0.452 e. The van der Waals surface area contributed by atoms with E-state index in [1.165, 1.54) is 12.0 Å². The lowest BCUT2D eigenvalue weighted by molar-refractivity contribution is -0.172. The maximum Gasteiger partial charge on any atom is 0.416 e. The first-order chi connectivity index (χ1) is 7.13. The molecule has 0 saturated carbocycles. The quantitative estimate of drug-likeness (QED) is 0.563. The van der Waals surface area contributed by atoms with Crippen LogP contribution in [0.4, 0.5) is 4.79 Å². The van der Waals surface area contributed by atoms with Crippen molar-refractivity contribution >= 4 is 12.1 Å². The van der Waals surface area contributed by atoms with E-state index in [9.17, 15) is 9.59 Å². The average Bonchev–Trinajstić information content (AvgIpc) is 2.25. The lowest BCUT2D eigenvalue weighted by Crippen LogP contribution is -2.48. The molecule has 0 radical (unpaired) electrons. The van der Waals surface area contributed by atoms with Gasteiger partial charge in [-0.2, -0.15) is 0 Å². The summed E-state index contributed by atoms with van der Waals surface area (Å²) >= 11 is 0. The number of amides is 1. The van der Waals surface area contributed by atoms with Crippen LogP contribution in [0.25, 0.3) is 0 Å². The van der Waals surface area contributed by atoms with Crippen LogP contribution in [-0.2, 0) is 14.3 Å². The predicted octanol–water partition coefficient (Wildman–Crippen LogP) is 1.11. The number of carbonyl (C=O) groups excluding carboxylic acids is 2. The zero-order valence-corrected chi connectivity index (χ0v) is 8.67. The molecule has 0 aliphatic carbocycles. The highest BCUT2D eigenvalue weighted by Crippen LogP contribution is 2.33. The van der Waals surface area contributed by atoms with Crippen LogP contribution in [0.5, 0.6) is 0 Å². The molecule has 2 bridgehead atoms. The topological polar surface area (TPSA) is 55.8 Å². The molecule has 15 heavy (non-hydrogen) atoms. The highest BCUT2D eigenvalue weighted by Gasteiger charge is 2.41. The van der Waals surface area contributed by atoms with Crippen molar-refractivity contribution in [2.75, 3.05) is 7.11 Å². The second-order valence-electron chi connectivity index (χ2n) is 3.80. The third kappa shape index (κ3) is 1.58. The SMILES string of the molecule is COC(=O)N1C=C[C@@H]2C[C@H]1OC(=O)[C@@H]2C. The van der Waals surface area contributed by atoms with Gasteiger partial charge in [-0.15, -0.1) is 0 Å². The monoisotopic (exact) mass is 211 g/mol. The molecule has 1 fully saturated rings. The summed E-state index contributed by atoms with van der Waals surface area (Å²) in [6.07, 6.45) is 3.14. The maximum absolute atomic E-state index is 11.4. The second-order valence-corrected chi connectivity index (χ2v) is 3.80. The van der Waals surface area contributed by atoms with E-state index in [0.29, 0.717) is 6.42 Å². The van der Waals surface area contributed by atoms with Crippen LogP contribution in [0, 0.1) is 11.8 Å². The van der Waals surface area contributed by atoms with Gasteiger partial charge in [-0.25, -0.2) is 9.69 Å². The van der Waals surface area contributed by atoms with Crippen LogP contribution in [0.15, 0.2) is 12.3 Å². The lowest BCUT2D eigenvalue weighted by Gasteiger charge is -2.39. The standard InChI is InChI=1S/C10H13NO4/c1-6-7-3-4-11(10(13)14-2)8(5-7)15-9(6)12/h3-4,6-8H,5H2,1-2H3/t6-,7-,8-/m1/s1. The van der Waals surface area contributed by atoms with Crippen molar-refractivity contribution in [3.8, 4) is 0 Å². The molecule has 5 nitrogen and oxygen atoms in total. The first-order valence-electron chi connectivity index (χ1n) is 4.88. The van der Waals surface area contributed by atoms with E-state index in [-0.39, 0.29) is 17.8 Å². The third-order valence-corrected chi connectivity index (χ3v) is 2.93. The zero-order chi connectivity index (χ0) is 11.0. The van der Waals surface area contributed by atoms with Crippen LogP contribution < -0.4 is 0 Å². The van der Waals surface area contributed by atoms with Gasteiger partial charge >= 0.3 is 12.1 Å². The Morgan fingerprint density at radius 1 is 1.67 bits per heavy atom. The number of hydrogen-bond acceptors (Lipinski definition) is 4. The number of carbonyl (C=O) groups is 2. The van der Waals surface area contributed by atoms with Crippen molar-refractivity contribution in [2.45, 2.75) is 19.6 Å². The van der Waals surface area contributed by atoms with Crippen LogP contribution in [-0.4, -0.2) is 30.3 Å². The van der Waals surface area contributed by atoms with E-state index in [4.69, 9.17) is 4.74 Å². The molecule has 1 saturated heterocycles. The van der Waals surface area contributed by atoms with E-state index in [2.05, 4.69) is 4.74 Å². The summed E-state index contributed by atoms with van der Waals surface area (Å²) in [5.74, 6) is -0.219. The van der Waals surface area contributed by atoms with E-state index < -0.39 is 12.3 Å². The molecule has 0 spiro atoms. The minimum Gasteiger partial charge on any atom is -0.452 e. The number of methoxy groups -OCH3 is 1. The lowest BCUT2D eigenvalue weighted by atomic mass is 9.86.